The molecule has 0 atom stereocenters. The Morgan fingerprint density at radius 3 is 3.00 bits per heavy atom. The number of anilines is 1. The number of rotatable bonds is 2. The summed E-state index contributed by atoms with van der Waals surface area (Å²) in [5.74, 6) is 1.40. The Morgan fingerprint density at radius 1 is 1.82 bits per heavy atom. The molecule has 0 saturated heterocycles. The minimum Gasteiger partial charge on any atom is -0.383 e. The van der Waals surface area contributed by atoms with Crippen molar-refractivity contribution >= 4 is 24.5 Å². The first-order valence-electron chi connectivity index (χ1n) is 3.30. The summed E-state index contributed by atoms with van der Waals surface area (Å²) in [7, 11) is 1.81. The van der Waals surface area contributed by atoms with Crippen molar-refractivity contribution in [1.29, 1.82) is 0 Å². The molecule has 1 heterocycles. The molecule has 0 aliphatic heterocycles. The minimum atomic E-state index is 0.683. The topological polar surface area (TPSA) is 43.8 Å². The summed E-state index contributed by atoms with van der Waals surface area (Å²) < 4.78 is 1.64. The quantitative estimate of drug-likeness (QED) is 0.647. The van der Waals surface area contributed by atoms with E-state index in [9.17, 15) is 0 Å². The Hall–Kier alpha value is -0.900. The fourth-order valence-corrected chi connectivity index (χ4v) is 0.877. The van der Waals surface area contributed by atoms with Gasteiger partial charge < -0.3 is 5.73 Å². The lowest BCUT2D eigenvalue weighted by molar-refractivity contribution is 0.779. The molecule has 11 heavy (non-hydrogen) atoms. The first-order chi connectivity index (χ1) is 5.25. The highest BCUT2D eigenvalue weighted by Crippen LogP contribution is 2.10. The van der Waals surface area contributed by atoms with Crippen LogP contribution in [0, 0.1) is 0 Å². The van der Waals surface area contributed by atoms with E-state index < -0.39 is 0 Å². The van der Waals surface area contributed by atoms with Crippen LogP contribution in [0.4, 0.5) is 5.82 Å². The maximum atomic E-state index is 5.67. The molecule has 2 N–H and O–H groups in total. The zero-order valence-corrected chi connectivity index (χ0v) is 7.25. The summed E-state index contributed by atoms with van der Waals surface area (Å²) >= 11 is 4.04. The summed E-state index contributed by atoms with van der Waals surface area (Å²) in [5.41, 5.74) is 6.61. The van der Waals surface area contributed by atoms with Gasteiger partial charge in [-0.25, -0.2) is 0 Å². The van der Waals surface area contributed by atoms with E-state index in [2.05, 4.69) is 17.7 Å². The van der Waals surface area contributed by atoms with Crippen LogP contribution in [0.25, 0.3) is 6.08 Å². The number of nitrogens with zero attached hydrogens (tertiary/aromatic N) is 2. The van der Waals surface area contributed by atoms with E-state index in [1.807, 2.05) is 19.2 Å². The molecule has 0 aromatic carbocycles. The van der Waals surface area contributed by atoms with Gasteiger partial charge in [-0.3, -0.25) is 4.68 Å². The molecule has 0 bridgehead atoms. The van der Waals surface area contributed by atoms with E-state index in [0.29, 0.717) is 11.6 Å². The van der Waals surface area contributed by atoms with Crippen LogP contribution in [0.2, 0.25) is 0 Å². The monoisotopic (exact) mass is 169 g/mol. The summed E-state index contributed by atoms with van der Waals surface area (Å²) in [6.07, 6.45) is 5.57. The number of nitrogen functional groups attached to an aromatic ring is 1. The largest absolute Gasteiger partial charge is 0.383 e. The van der Waals surface area contributed by atoms with Crippen LogP contribution >= 0.6 is 12.6 Å². The second-order valence-electron chi connectivity index (χ2n) is 2.19. The molecule has 0 fully saturated rings. The molecule has 0 unspecified atom stereocenters. The van der Waals surface area contributed by atoms with E-state index >= 15 is 0 Å². The average Bonchev–Trinajstić information content (AvgIpc) is 2.31. The molecule has 0 aliphatic carbocycles. The Kier molecular flexibility index (Phi) is 2.59. The molecule has 0 radical (unpaired) electrons. The van der Waals surface area contributed by atoms with Gasteiger partial charge in [0.1, 0.15) is 5.82 Å². The third-order valence-electron chi connectivity index (χ3n) is 1.42. The molecule has 0 amide bonds. The van der Waals surface area contributed by atoms with Crippen LogP contribution in [-0.2, 0) is 7.05 Å². The number of hydrogen-bond acceptors (Lipinski definition) is 3. The van der Waals surface area contributed by atoms with Gasteiger partial charge in [-0.2, -0.15) is 17.7 Å². The predicted octanol–water partition coefficient (Wildman–Crippen LogP) is 0.945. The lowest BCUT2D eigenvalue weighted by Gasteiger charge is -1.92. The van der Waals surface area contributed by atoms with Gasteiger partial charge in [0.15, 0.2) is 0 Å². The van der Waals surface area contributed by atoms with Crippen LogP contribution in [-0.4, -0.2) is 15.5 Å². The second-order valence-corrected chi connectivity index (χ2v) is 2.56. The molecule has 60 valence electrons. The molecule has 1 aromatic heterocycles. The Morgan fingerprint density at radius 2 is 2.55 bits per heavy atom. The number of thiol groups is 1. The average molecular weight is 169 g/mol. The molecule has 3 nitrogen and oxygen atoms in total. The highest BCUT2D eigenvalue weighted by atomic mass is 32.1. The fourth-order valence-electron chi connectivity index (χ4n) is 0.772. The van der Waals surface area contributed by atoms with Gasteiger partial charge in [-0.15, -0.1) is 0 Å². The van der Waals surface area contributed by atoms with Crippen LogP contribution in [0.15, 0.2) is 12.3 Å². The van der Waals surface area contributed by atoms with E-state index in [1.54, 1.807) is 10.9 Å². The van der Waals surface area contributed by atoms with E-state index in [4.69, 9.17) is 5.73 Å². The predicted molar refractivity (Wildman–Crippen MR) is 50.5 cm³/mol. The van der Waals surface area contributed by atoms with Crippen molar-refractivity contribution in [1.82, 2.24) is 9.78 Å². The van der Waals surface area contributed by atoms with Gasteiger partial charge in [0.05, 0.1) is 6.20 Å². The lowest BCUT2D eigenvalue weighted by Crippen LogP contribution is -1.97. The van der Waals surface area contributed by atoms with Crippen molar-refractivity contribution in [2.75, 3.05) is 11.5 Å². The second kappa shape index (κ2) is 3.48. The van der Waals surface area contributed by atoms with Crippen LogP contribution < -0.4 is 5.73 Å². The number of aryl methyl sites for hydroxylation is 1. The van der Waals surface area contributed by atoms with Crippen molar-refractivity contribution in [3.05, 3.63) is 17.8 Å². The number of hydrogen-bond donors (Lipinski definition) is 2. The lowest BCUT2D eigenvalue weighted by atomic mass is 10.3. The van der Waals surface area contributed by atoms with Gasteiger partial charge in [-0.1, -0.05) is 12.2 Å². The van der Waals surface area contributed by atoms with E-state index in [0.717, 1.165) is 5.56 Å². The van der Waals surface area contributed by atoms with Crippen LogP contribution in [0.1, 0.15) is 5.56 Å². The number of nitrogens with two attached hydrogens (primary N) is 1. The summed E-state index contributed by atoms with van der Waals surface area (Å²) in [6, 6.07) is 0. The molecule has 0 aliphatic rings. The van der Waals surface area contributed by atoms with Crippen molar-refractivity contribution in [2.24, 2.45) is 7.05 Å². The molecule has 0 spiro atoms. The standard InChI is InChI=1S/C7H11N3S/c1-10-7(8)6(5-9-10)3-2-4-11/h2-3,5,11H,4,8H2,1H3. The SMILES string of the molecule is Cn1ncc(C=CCS)c1N. The van der Waals surface area contributed by atoms with Gasteiger partial charge in [0.25, 0.3) is 0 Å². The zero-order valence-electron chi connectivity index (χ0n) is 6.36. The molecule has 4 heteroatoms. The van der Waals surface area contributed by atoms with Crippen molar-refractivity contribution in [3.8, 4) is 0 Å². The molecular weight excluding hydrogens is 158 g/mol. The van der Waals surface area contributed by atoms with E-state index in [1.165, 1.54) is 0 Å². The minimum absolute atomic E-state index is 0.683. The molecular formula is C7H11N3S. The first kappa shape index (κ1) is 8.20. The summed E-state index contributed by atoms with van der Waals surface area (Å²) in [6.45, 7) is 0. The van der Waals surface area contributed by atoms with Gasteiger partial charge in [0.2, 0.25) is 0 Å². The first-order valence-corrected chi connectivity index (χ1v) is 3.94. The van der Waals surface area contributed by atoms with Gasteiger partial charge in [-0.05, 0) is 0 Å². The van der Waals surface area contributed by atoms with Crippen LogP contribution in [0.5, 0.6) is 0 Å². The van der Waals surface area contributed by atoms with Crippen molar-refractivity contribution in [3.63, 3.8) is 0 Å². The Labute approximate surface area is 71.3 Å². The van der Waals surface area contributed by atoms with Crippen molar-refractivity contribution in [2.45, 2.75) is 0 Å². The maximum Gasteiger partial charge on any atom is 0.128 e. The van der Waals surface area contributed by atoms with Gasteiger partial charge >= 0.3 is 0 Å². The molecule has 1 aromatic rings. The number of aromatic nitrogens is 2. The summed E-state index contributed by atoms with van der Waals surface area (Å²) in [4.78, 5) is 0. The summed E-state index contributed by atoms with van der Waals surface area (Å²) in [5, 5.41) is 3.98. The molecule has 1 rings (SSSR count). The van der Waals surface area contributed by atoms with Crippen molar-refractivity contribution < 1.29 is 0 Å². The maximum absolute atomic E-state index is 5.67. The highest BCUT2D eigenvalue weighted by Gasteiger charge is 1.98. The Bertz CT molecular complexity index is 265. The van der Waals surface area contributed by atoms with E-state index in [-0.39, 0.29) is 0 Å². The van der Waals surface area contributed by atoms with Gasteiger partial charge in [0, 0.05) is 18.4 Å². The normalized spacial score (nSPS) is 11.1. The highest BCUT2D eigenvalue weighted by molar-refractivity contribution is 7.80. The third kappa shape index (κ3) is 1.77. The zero-order chi connectivity index (χ0) is 8.27. The Balaban J connectivity index is 2.87. The third-order valence-corrected chi connectivity index (χ3v) is 1.63. The smallest absolute Gasteiger partial charge is 0.128 e. The van der Waals surface area contributed by atoms with Crippen LogP contribution in [0.3, 0.4) is 0 Å². The molecule has 0 saturated carbocycles. The fraction of sp³-hybridized carbons (Fsp3) is 0.286.